The van der Waals surface area contributed by atoms with Gasteiger partial charge in [-0.1, -0.05) is 0 Å². The largest absolute Gasteiger partial charge is 0.500 e. The third-order valence-corrected chi connectivity index (χ3v) is 0.641. The van der Waals surface area contributed by atoms with Crippen molar-refractivity contribution in [3.63, 3.8) is 0 Å². The van der Waals surface area contributed by atoms with Gasteiger partial charge >= 0.3 is 0 Å². The maximum Gasteiger partial charge on any atom is 0.0983 e. The van der Waals surface area contributed by atoms with Gasteiger partial charge in [0.25, 0.3) is 0 Å². The van der Waals surface area contributed by atoms with E-state index in [-0.39, 0.29) is 0 Å². The molecule has 0 amide bonds. The molecule has 0 rings (SSSR count). The second kappa shape index (κ2) is 6.30. The van der Waals surface area contributed by atoms with E-state index in [9.17, 15) is 0 Å². The van der Waals surface area contributed by atoms with Crippen LogP contribution in [-0.2, 0) is 4.74 Å². The van der Waals surface area contributed by atoms with E-state index in [0.717, 1.165) is 6.42 Å². The van der Waals surface area contributed by atoms with Crippen molar-refractivity contribution in [3.8, 4) is 0 Å². The smallest absolute Gasteiger partial charge is 0.0983 e. The van der Waals surface area contributed by atoms with Crippen LogP contribution in [0.25, 0.3) is 0 Å². The summed E-state index contributed by atoms with van der Waals surface area (Å²) in [5.41, 5.74) is 10.1. The van der Waals surface area contributed by atoms with Crippen LogP contribution in [0.4, 0.5) is 0 Å². The van der Waals surface area contributed by atoms with E-state index in [0.29, 0.717) is 13.2 Å². The molecule has 0 atom stereocenters. The maximum absolute atomic E-state index is 5.18. The average molecular weight is 116 g/mol. The van der Waals surface area contributed by atoms with Gasteiger partial charge in [0.1, 0.15) is 0 Å². The third-order valence-electron chi connectivity index (χ3n) is 0.641. The van der Waals surface area contributed by atoms with Crippen molar-refractivity contribution in [2.75, 3.05) is 13.2 Å². The van der Waals surface area contributed by atoms with Gasteiger partial charge in [0.2, 0.25) is 0 Å². The first kappa shape index (κ1) is 7.30. The van der Waals surface area contributed by atoms with Gasteiger partial charge in [0, 0.05) is 6.20 Å². The van der Waals surface area contributed by atoms with Gasteiger partial charge in [0.05, 0.1) is 12.9 Å². The Morgan fingerprint density at radius 2 is 2.25 bits per heavy atom. The van der Waals surface area contributed by atoms with Gasteiger partial charge in [0.15, 0.2) is 0 Å². The molecule has 0 heterocycles. The zero-order chi connectivity index (χ0) is 6.24. The number of hydrogen-bond acceptors (Lipinski definition) is 3. The van der Waals surface area contributed by atoms with Crippen molar-refractivity contribution in [3.05, 3.63) is 12.5 Å². The quantitative estimate of drug-likeness (QED) is 0.394. The molecular formula is C5H12N2O. The predicted molar refractivity (Wildman–Crippen MR) is 33.0 cm³/mol. The lowest BCUT2D eigenvalue weighted by atomic mass is 10.5. The van der Waals surface area contributed by atoms with Crippen molar-refractivity contribution >= 4 is 0 Å². The van der Waals surface area contributed by atoms with Crippen LogP contribution >= 0.6 is 0 Å². The minimum atomic E-state index is 0.657. The van der Waals surface area contributed by atoms with Crippen LogP contribution in [0, 0.1) is 0 Å². The Morgan fingerprint density at radius 3 is 2.75 bits per heavy atom. The molecular weight excluding hydrogens is 104 g/mol. The second-order valence-electron chi connectivity index (χ2n) is 1.34. The molecule has 0 aliphatic rings. The van der Waals surface area contributed by atoms with Crippen molar-refractivity contribution in [2.45, 2.75) is 6.42 Å². The molecule has 0 aliphatic heterocycles. The number of rotatable bonds is 4. The summed E-state index contributed by atoms with van der Waals surface area (Å²) in [6.45, 7) is 1.32. The SMILES string of the molecule is N/C=C/OCCCN. The molecule has 48 valence electrons. The summed E-state index contributed by atoms with van der Waals surface area (Å²) in [7, 11) is 0. The van der Waals surface area contributed by atoms with E-state index < -0.39 is 0 Å². The molecule has 8 heavy (non-hydrogen) atoms. The van der Waals surface area contributed by atoms with Crippen molar-refractivity contribution in [1.29, 1.82) is 0 Å². The molecule has 0 saturated heterocycles. The maximum atomic E-state index is 5.18. The van der Waals surface area contributed by atoms with Crippen LogP contribution < -0.4 is 11.5 Å². The predicted octanol–water partition coefficient (Wildman–Crippen LogP) is -0.218. The number of nitrogens with two attached hydrogens (primary N) is 2. The van der Waals surface area contributed by atoms with Gasteiger partial charge in [-0.3, -0.25) is 0 Å². The molecule has 0 bridgehead atoms. The van der Waals surface area contributed by atoms with Crippen LogP contribution in [-0.4, -0.2) is 13.2 Å². The third kappa shape index (κ3) is 5.30. The Labute approximate surface area is 49.3 Å². The van der Waals surface area contributed by atoms with E-state index in [2.05, 4.69) is 0 Å². The lowest BCUT2D eigenvalue weighted by molar-refractivity contribution is 0.246. The Balaban J connectivity index is 2.72. The van der Waals surface area contributed by atoms with Gasteiger partial charge < -0.3 is 16.2 Å². The molecule has 0 aromatic rings. The molecule has 3 nitrogen and oxygen atoms in total. The molecule has 0 radical (unpaired) electrons. The fraction of sp³-hybridized carbons (Fsp3) is 0.600. The Kier molecular flexibility index (Phi) is 5.75. The van der Waals surface area contributed by atoms with Crippen LogP contribution in [0.2, 0.25) is 0 Å². The highest BCUT2D eigenvalue weighted by Crippen LogP contribution is 1.77. The lowest BCUT2D eigenvalue weighted by Crippen LogP contribution is -2.01. The van der Waals surface area contributed by atoms with Crippen molar-refractivity contribution in [2.24, 2.45) is 11.5 Å². The first-order valence-corrected chi connectivity index (χ1v) is 2.60. The molecule has 3 heteroatoms. The standard InChI is InChI=1S/C5H12N2O/c6-2-1-4-8-5-3-7/h3,5H,1-2,4,6-7H2/b5-3+. The van der Waals surface area contributed by atoms with Gasteiger partial charge in [-0.05, 0) is 13.0 Å². The number of hydrogen-bond donors (Lipinski definition) is 2. The second-order valence-corrected chi connectivity index (χ2v) is 1.34. The zero-order valence-corrected chi connectivity index (χ0v) is 4.84. The first-order chi connectivity index (χ1) is 3.91. The zero-order valence-electron chi connectivity index (χ0n) is 4.84. The van der Waals surface area contributed by atoms with E-state index >= 15 is 0 Å². The first-order valence-electron chi connectivity index (χ1n) is 2.60. The minimum absolute atomic E-state index is 0.657. The van der Waals surface area contributed by atoms with E-state index in [1.54, 1.807) is 0 Å². The fourth-order valence-electron chi connectivity index (χ4n) is 0.290. The lowest BCUT2D eigenvalue weighted by Gasteiger charge is -1.94. The van der Waals surface area contributed by atoms with Crippen LogP contribution in [0.1, 0.15) is 6.42 Å². The summed E-state index contributed by atoms with van der Waals surface area (Å²) < 4.78 is 4.84. The highest BCUT2D eigenvalue weighted by atomic mass is 16.5. The highest BCUT2D eigenvalue weighted by molar-refractivity contribution is 4.62. The summed E-state index contributed by atoms with van der Waals surface area (Å²) in [5, 5.41) is 0. The van der Waals surface area contributed by atoms with Crippen molar-refractivity contribution in [1.82, 2.24) is 0 Å². The van der Waals surface area contributed by atoms with Crippen LogP contribution in [0.5, 0.6) is 0 Å². The molecule has 0 saturated carbocycles. The summed E-state index contributed by atoms with van der Waals surface area (Å²) in [4.78, 5) is 0. The fourth-order valence-corrected chi connectivity index (χ4v) is 0.290. The normalized spacial score (nSPS) is 10.1. The van der Waals surface area contributed by atoms with E-state index in [1.807, 2.05) is 0 Å². The molecule has 0 aromatic heterocycles. The molecule has 0 unspecified atom stereocenters. The summed E-state index contributed by atoms with van der Waals surface area (Å²) in [6, 6.07) is 0. The van der Waals surface area contributed by atoms with Crippen molar-refractivity contribution < 1.29 is 4.74 Å². The van der Waals surface area contributed by atoms with Gasteiger partial charge in [-0.15, -0.1) is 0 Å². The van der Waals surface area contributed by atoms with Gasteiger partial charge in [-0.25, -0.2) is 0 Å². The van der Waals surface area contributed by atoms with Crippen LogP contribution in [0.3, 0.4) is 0 Å². The van der Waals surface area contributed by atoms with Gasteiger partial charge in [-0.2, -0.15) is 0 Å². The monoisotopic (exact) mass is 116 g/mol. The van der Waals surface area contributed by atoms with Crippen LogP contribution in [0.15, 0.2) is 12.5 Å². The summed E-state index contributed by atoms with van der Waals surface area (Å²) in [6.07, 6.45) is 3.69. The molecule has 0 fully saturated rings. The Morgan fingerprint density at radius 1 is 1.50 bits per heavy atom. The summed E-state index contributed by atoms with van der Waals surface area (Å²) >= 11 is 0. The topological polar surface area (TPSA) is 61.3 Å². The molecule has 0 aromatic carbocycles. The number of ether oxygens (including phenoxy) is 1. The minimum Gasteiger partial charge on any atom is -0.500 e. The highest BCUT2D eigenvalue weighted by Gasteiger charge is 1.77. The molecule has 0 aliphatic carbocycles. The molecule has 4 N–H and O–H groups in total. The Bertz CT molecular complexity index is 63.4. The van der Waals surface area contributed by atoms with E-state index in [4.69, 9.17) is 16.2 Å². The summed E-state index contributed by atoms with van der Waals surface area (Å²) in [5.74, 6) is 0. The Hall–Kier alpha value is -0.700. The van der Waals surface area contributed by atoms with E-state index in [1.165, 1.54) is 12.5 Å². The average Bonchev–Trinajstić information content (AvgIpc) is 1.81. The molecule has 0 spiro atoms.